The van der Waals surface area contributed by atoms with Gasteiger partial charge in [-0.05, 0) is 53.0 Å². The van der Waals surface area contributed by atoms with Gasteiger partial charge >= 0.3 is 0 Å². The fraction of sp³-hybridized carbons (Fsp3) is 0.200. The maximum atomic E-state index is 13.5. The van der Waals surface area contributed by atoms with Gasteiger partial charge in [-0.15, -0.1) is 0 Å². The summed E-state index contributed by atoms with van der Waals surface area (Å²) in [5.74, 6) is -0.247. The molecule has 1 N–H and O–H groups in total. The third-order valence-corrected chi connectivity index (χ3v) is 3.55. The van der Waals surface area contributed by atoms with Gasteiger partial charge in [0.1, 0.15) is 5.82 Å². The van der Waals surface area contributed by atoms with Gasteiger partial charge in [-0.25, -0.2) is 4.39 Å². The monoisotopic (exact) mass is 307 g/mol. The third kappa shape index (κ3) is 2.91. The molecule has 0 aliphatic carbocycles. The summed E-state index contributed by atoms with van der Waals surface area (Å²) in [6.45, 7) is 4.03. The highest BCUT2D eigenvalue weighted by molar-refractivity contribution is 9.10. The second kappa shape index (κ2) is 5.53. The Kier molecular flexibility index (Phi) is 4.02. The van der Waals surface area contributed by atoms with Gasteiger partial charge in [0.2, 0.25) is 0 Å². The van der Waals surface area contributed by atoms with Crippen LogP contribution in [0.5, 0.6) is 0 Å². The predicted molar refractivity (Wildman–Crippen MR) is 77.3 cm³/mol. The van der Waals surface area contributed by atoms with Crippen molar-refractivity contribution in [2.24, 2.45) is 0 Å². The molecule has 0 radical (unpaired) electrons. The minimum absolute atomic E-state index is 0.144. The summed E-state index contributed by atoms with van der Waals surface area (Å²) in [6.07, 6.45) is 0. The Morgan fingerprint density at radius 1 is 1.17 bits per heavy atom. The van der Waals surface area contributed by atoms with E-state index >= 15 is 0 Å². The van der Waals surface area contributed by atoms with Crippen LogP contribution in [0.1, 0.15) is 24.1 Å². The standard InChI is InChI=1S/C15H15BrFN/c1-10-8-13(16)14(17)9-15(10)18-11(2)12-6-4-3-5-7-12/h3-9,11,18H,1-2H3. The zero-order chi connectivity index (χ0) is 13.1. The fourth-order valence-electron chi connectivity index (χ4n) is 1.86. The molecule has 2 aromatic carbocycles. The number of rotatable bonds is 3. The molecule has 2 rings (SSSR count). The molecule has 0 aromatic heterocycles. The molecule has 0 aliphatic rings. The van der Waals surface area contributed by atoms with Crippen molar-refractivity contribution in [1.29, 1.82) is 0 Å². The number of halogens is 2. The van der Waals surface area contributed by atoms with Gasteiger partial charge in [-0.2, -0.15) is 0 Å². The summed E-state index contributed by atoms with van der Waals surface area (Å²) in [5.41, 5.74) is 3.03. The first-order chi connectivity index (χ1) is 8.58. The van der Waals surface area contributed by atoms with E-state index < -0.39 is 0 Å². The molecule has 0 spiro atoms. The second-order valence-electron chi connectivity index (χ2n) is 4.36. The van der Waals surface area contributed by atoms with Crippen LogP contribution < -0.4 is 5.32 Å². The van der Waals surface area contributed by atoms with E-state index in [2.05, 4.69) is 40.3 Å². The van der Waals surface area contributed by atoms with Gasteiger partial charge in [-0.1, -0.05) is 30.3 Å². The normalized spacial score (nSPS) is 12.2. The summed E-state index contributed by atoms with van der Waals surface area (Å²) in [5, 5.41) is 3.33. The number of anilines is 1. The van der Waals surface area contributed by atoms with Crippen molar-refractivity contribution in [3.8, 4) is 0 Å². The lowest BCUT2D eigenvalue weighted by molar-refractivity contribution is 0.620. The second-order valence-corrected chi connectivity index (χ2v) is 5.21. The molecule has 0 amide bonds. The summed E-state index contributed by atoms with van der Waals surface area (Å²) >= 11 is 3.19. The maximum Gasteiger partial charge on any atom is 0.139 e. The molecule has 0 saturated carbocycles. The van der Waals surface area contributed by atoms with Crippen LogP contribution in [0.15, 0.2) is 46.9 Å². The fourth-order valence-corrected chi connectivity index (χ4v) is 2.32. The summed E-state index contributed by atoms with van der Waals surface area (Å²) in [6, 6.07) is 13.6. The molecule has 0 aliphatic heterocycles. The van der Waals surface area contributed by atoms with Crippen LogP contribution in [0.25, 0.3) is 0 Å². The van der Waals surface area contributed by atoms with E-state index in [0.29, 0.717) is 4.47 Å². The number of nitrogens with one attached hydrogen (secondary N) is 1. The first kappa shape index (κ1) is 13.1. The van der Waals surface area contributed by atoms with Crippen molar-refractivity contribution in [3.05, 3.63) is 63.9 Å². The summed E-state index contributed by atoms with van der Waals surface area (Å²) in [7, 11) is 0. The van der Waals surface area contributed by atoms with Crippen LogP contribution >= 0.6 is 15.9 Å². The van der Waals surface area contributed by atoms with Crippen molar-refractivity contribution in [1.82, 2.24) is 0 Å². The van der Waals surface area contributed by atoms with Crippen LogP contribution in [0, 0.1) is 12.7 Å². The van der Waals surface area contributed by atoms with Crippen molar-refractivity contribution < 1.29 is 4.39 Å². The van der Waals surface area contributed by atoms with Gasteiger partial charge in [0, 0.05) is 11.7 Å². The molecule has 94 valence electrons. The van der Waals surface area contributed by atoms with Crippen LogP contribution in [-0.4, -0.2) is 0 Å². The van der Waals surface area contributed by atoms with Gasteiger partial charge < -0.3 is 5.32 Å². The Balaban J connectivity index is 2.22. The van der Waals surface area contributed by atoms with Crippen molar-refractivity contribution in [2.45, 2.75) is 19.9 Å². The zero-order valence-electron chi connectivity index (χ0n) is 10.4. The third-order valence-electron chi connectivity index (χ3n) is 2.94. The lowest BCUT2D eigenvalue weighted by Gasteiger charge is -2.17. The largest absolute Gasteiger partial charge is 0.378 e. The Morgan fingerprint density at radius 2 is 1.83 bits per heavy atom. The van der Waals surface area contributed by atoms with Crippen molar-refractivity contribution in [2.75, 3.05) is 5.32 Å². The zero-order valence-corrected chi connectivity index (χ0v) is 12.0. The Labute approximate surface area is 115 Å². The van der Waals surface area contributed by atoms with Crippen LogP contribution in [0.4, 0.5) is 10.1 Å². The molecule has 0 heterocycles. The van der Waals surface area contributed by atoms with E-state index in [9.17, 15) is 4.39 Å². The number of hydrogen-bond acceptors (Lipinski definition) is 1. The Hall–Kier alpha value is -1.35. The van der Waals surface area contributed by atoms with E-state index in [0.717, 1.165) is 11.3 Å². The lowest BCUT2D eigenvalue weighted by Crippen LogP contribution is -2.07. The predicted octanol–water partition coefficient (Wildman–Crippen LogP) is 5.07. The number of aryl methyl sites for hydroxylation is 1. The summed E-state index contributed by atoms with van der Waals surface area (Å²) in [4.78, 5) is 0. The van der Waals surface area contributed by atoms with Gasteiger partial charge in [-0.3, -0.25) is 0 Å². The average molecular weight is 308 g/mol. The van der Waals surface area contributed by atoms with E-state index in [1.54, 1.807) is 6.07 Å². The minimum atomic E-state index is -0.247. The first-order valence-corrected chi connectivity index (χ1v) is 6.64. The molecule has 1 atom stereocenters. The van der Waals surface area contributed by atoms with Crippen molar-refractivity contribution >= 4 is 21.6 Å². The highest BCUT2D eigenvalue weighted by atomic mass is 79.9. The van der Waals surface area contributed by atoms with Crippen molar-refractivity contribution in [3.63, 3.8) is 0 Å². The number of benzene rings is 2. The topological polar surface area (TPSA) is 12.0 Å². The quantitative estimate of drug-likeness (QED) is 0.834. The molecule has 0 saturated heterocycles. The first-order valence-electron chi connectivity index (χ1n) is 5.85. The average Bonchev–Trinajstić information content (AvgIpc) is 2.37. The summed E-state index contributed by atoms with van der Waals surface area (Å²) < 4.78 is 14.0. The van der Waals surface area contributed by atoms with Gasteiger partial charge in [0.25, 0.3) is 0 Å². The maximum absolute atomic E-state index is 13.5. The van der Waals surface area contributed by atoms with Gasteiger partial charge in [0.15, 0.2) is 0 Å². The smallest absolute Gasteiger partial charge is 0.139 e. The van der Waals surface area contributed by atoms with E-state index in [4.69, 9.17) is 0 Å². The molecule has 1 unspecified atom stereocenters. The molecule has 0 fully saturated rings. The highest BCUT2D eigenvalue weighted by Gasteiger charge is 2.09. The van der Waals surface area contributed by atoms with E-state index in [-0.39, 0.29) is 11.9 Å². The molecule has 3 heteroatoms. The molecular formula is C15H15BrFN. The molecular weight excluding hydrogens is 293 g/mol. The van der Waals surface area contributed by atoms with Crippen LogP contribution in [0.2, 0.25) is 0 Å². The SMILES string of the molecule is Cc1cc(Br)c(F)cc1NC(C)c1ccccc1. The lowest BCUT2D eigenvalue weighted by atomic mass is 10.1. The number of hydrogen-bond donors (Lipinski definition) is 1. The Bertz CT molecular complexity index is 540. The molecule has 2 aromatic rings. The highest BCUT2D eigenvalue weighted by Crippen LogP contribution is 2.27. The van der Waals surface area contributed by atoms with Crippen LogP contribution in [0.3, 0.4) is 0 Å². The van der Waals surface area contributed by atoms with Gasteiger partial charge in [0.05, 0.1) is 4.47 Å². The Morgan fingerprint density at radius 3 is 2.50 bits per heavy atom. The minimum Gasteiger partial charge on any atom is -0.378 e. The van der Waals surface area contributed by atoms with E-state index in [1.807, 2.05) is 25.1 Å². The van der Waals surface area contributed by atoms with E-state index in [1.165, 1.54) is 11.6 Å². The van der Waals surface area contributed by atoms with Crippen LogP contribution in [-0.2, 0) is 0 Å². The molecule has 0 bridgehead atoms. The molecule has 18 heavy (non-hydrogen) atoms. The molecule has 1 nitrogen and oxygen atoms in total.